The third-order valence-corrected chi connectivity index (χ3v) is 4.02. The van der Waals surface area contributed by atoms with E-state index in [4.69, 9.17) is 10.5 Å². The first kappa shape index (κ1) is 12.4. The number of hydrogen-bond acceptors (Lipinski definition) is 3. The molecule has 1 saturated heterocycles. The molecule has 0 aliphatic carbocycles. The maximum Gasteiger partial charge on any atom is 0.314 e. The molecule has 5 heteroatoms. The molecule has 1 aliphatic heterocycles. The summed E-state index contributed by atoms with van der Waals surface area (Å²) in [6.07, 6.45) is 0.923. The lowest BCUT2D eigenvalue weighted by molar-refractivity contribution is -0.147. The van der Waals surface area contributed by atoms with E-state index in [-0.39, 0.29) is 0 Å². The third kappa shape index (κ3) is 2.05. The molecule has 0 saturated carbocycles. The highest BCUT2D eigenvalue weighted by Crippen LogP contribution is 2.40. The Morgan fingerprint density at radius 1 is 1.41 bits per heavy atom. The van der Waals surface area contributed by atoms with Gasteiger partial charge in [-0.15, -0.1) is 0 Å². The second-order valence-corrected chi connectivity index (χ2v) is 5.06. The van der Waals surface area contributed by atoms with Gasteiger partial charge in [-0.05, 0) is 40.4 Å². The van der Waals surface area contributed by atoms with E-state index in [9.17, 15) is 9.90 Å². The van der Waals surface area contributed by atoms with Gasteiger partial charge in [0.15, 0.2) is 0 Å². The Hall–Kier alpha value is -1.07. The van der Waals surface area contributed by atoms with E-state index in [0.29, 0.717) is 37.3 Å². The van der Waals surface area contributed by atoms with E-state index in [2.05, 4.69) is 15.9 Å². The molecule has 1 fully saturated rings. The van der Waals surface area contributed by atoms with Crippen LogP contribution in [-0.2, 0) is 14.9 Å². The smallest absolute Gasteiger partial charge is 0.314 e. The Morgan fingerprint density at radius 3 is 2.65 bits per heavy atom. The van der Waals surface area contributed by atoms with Crippen LogP contribution in [0, 0.1) is 0 Å². The zero-order valence-electron chi connectivity index (χ0n) is 9.28. The van der Waals surface area contributed by atoms with Crippen LogP contribution in [0.25, 0.3) is 0 Å². The predicted molar refractivity (Wildman–Crippen MR) is 67.9 cm³/mol. The lowest BCUT2D eigenvalue weighted by Gasteiger charge is -2.34. The number of aliphatic carboxylic acids is 1. The fraction of sp³-hybridized carbons (Fsp3) is 0.417. The molecule has 17 heavy (non-hydrogen) atoms. The van der Waals surface area contributed by atoms with Gasteiger partial charge in [-0.2, -0.15) is 0 Å². The molecule has 0 atom stereocenters. The number of anilines is 1. The molecule has 1 heterocycles. The Labute approximate surface area is 108 Å². The molecule has 0 aromatic heterocycles. The van der Waals surface area contributed by atoms with Gasteiger partial charge in [0.05, 0.1) is 11.1 Å². The summed E-state index contributed by atoms with van der Waals surface area (Å²) in [5.74, 6) is -0.828. The Morgan fingerprint density at radius 2 is 2.06 bits per heavy atom. The molecule has 1 aromatic carbocycles. The van der Waals surface area contributed by atoms with Gasteiger partial charge in [0.1, 0.15) is 0 Å². The average Bonchev–Trinajstić information content (AvgIpc) is 2.33. The highest BCUT2D eigenvalue weighted by atomic mass is 79.9. The molecule has 4 nitrogen and oxygen atoms in total. The van der Waals surface area contributed by atoms with Gasteiger partial charge in [0, 0.05) is 17.7 Å². The average molecular weight is 300 g/mol. The van der Waals surface area contributed by atoms with Gasteiger partial charge >= 0.3 is 5.97 Å². The van der Waals surface area contributed by atoms with Gasteiger partial charge in [0.25, 0.3) is 0 Å². The van der Waals surface area contributed by atoms with Gasteiger partial charge in [-0.1, -0.05) is 12.1 Å². The van der Waals surface area contributed by atoms with Crippen LogP contribution in [0.1, 0.15) is 18.4 Å². The molecular formula is C12H14BrNO3. The SMILES string of the molecule is Nc1c(Br)cccc1C1(C(=O)O)CCOCC1. The molecule has 3 N–H and O–H groups in total. The summed E-state index contributed by atoms with van der Waals surface area (Å²) in [7, 11) is 0. The predicted octanol–water partition coefficient (Wildman–Crippen LogP) is 2.16. The summed E-state index contributed by atoms with van der Waals surface area (Å²) in [4.78, 5) is 11.6. The van der Waals surface area contributed by atoms with Gasteiger partial charge in [-0.3, -0.25) is 4.79 Å². The highest BCUT2D eigenvalue weighted by Gasteiger charge is 2.43. The van der Waals surface area contributed by atoms with Crippen LogP contribution in [0.15, 0.2) is 22.7 Å². The number of benzene rings is 1. The minimum absolute atomic E-state index is 0.457. The van der Waals surface area contributed by atoms with Gasteiger partial charge in [-0.25, -0.2) is 0 Å². The first-order valence-corrected chi connectivity index (χ1v) is 6.23. The summed E-state index contributed by atoms with van der Waals surface area (Å²) in [5, 5.41) is 9.53. The molecule has 2 rings (SSSR count). The van der Waals surface area contributed by atoms with Crippen molar-refractivity contribution in [3.8, 4) is 0 Å². The maximum absolute atomic E-state index is 11.6. The second-order valence-electron chi connectivity index (χ2n) is 4.20. The van der Waals surface area contributed by atoms with Crippen LogP contribution >= 0.6 is 15.9 Å². The largest absolute Gasteiger partial charge is 0.481 e. The van der Waals surface area contributed by atoms with Crippen molar-refractivity contribution < 1.29 is 14.6 Å². The monoisotopic (exact) mass is 299 g/mol. The number of para-hydroxylation sites is 1. The third-order valence-electron chi connectivity index (χ3n) is 3.32. The quantitative estimate of drug-likeness (QED) is 0.821. The summed E-state index contributed by atoms with van der Waals surface area (Å²) in [6, 6.07) is 5.42. The summed E-state index contributed by atoms with van der Waals surface area (Å²) in [6.45, 7) is 0.913. The van der Waals surface area contributed by atoms with E-state index in [1.807, 2.05) is 12.1 Å². The van der Waals surface area contributed by atoms with E-state index >= 15 is 0 Å². The topological polar surface area (TPSA) is 72.6 Å². The number of nitrogens with two attached hydrogens (primary N) is 1. The van der Waals surface area contributed by atoms with Crippen LogP contribution in [0.2, 0.25) is 0 Å². The van der Waals surface area contributed by atoms with Crippen molar-refractivity contribution in [1.29, 1.82) is 0 Å². The summed E-state index contributed by atoms with van der Waals surface area (Å²) < 4.78 is 5.99. The number of ether oxygens (including phenoxy) is 1. The van der Waals surface area contributed by atoms with Crippen molar-refractivity contribution >= 4 is 27.6 Å². The van der Waals surface area contributed by atoms with Crippen molar-refractivity contribution in [3.63, 3.8) is 0 Å². The molecule has 92 valence electrons. The highest BCUT2D eigenvalue weighted by molar-refractivity contribution is 9.10. The molecule has 1 aliphatic rings. The number of carboxylic acids is 1. The fourth-order valence-corrected chi connectivity index (χ4v) is 2.64. The van der Waals surface area contributed by atoms with E-state index in [1.165, 1.54) is 0 Å². The van der Waals surface area contributed by atoms with Crippen LogP contribution in [-0.4, -0.2) is 24.3 Å². The summed E-state index contributed by atoms with van der Waals surface area (Å²) >= 11 is 3.34. The first-order valence-electron chi connectivity index (χ1n) is 5.43. The molecule has 0 bridgehead atoms. The normalized spacial score (nSPS) is 18.9. The number of carbonyl (C=O) groups is 1. The lowest BCUT2D eigenvalue weighted by Crippen LogP contribution is -2.41. The van der Waals surface area contributed by atoms with Crippen molar-refractivity contribution in [2.45, 2.75) is 18.3 Å². The number of halogens is 1. The van der Waals surface area contributed by atoms with E-state index < -0.39 is 11.4 Å². The molecule has 0 unspecified atom stereocenters. The van der Waals surface area contributed by atoms with Crippen LogP contribution < -0.4 is 5.73 Å². The minimum Gasteiger partial charge on any atom is -0.481 e. The zero-order chi connectivity index (χ0) is 12.5. The fourth-order valence-electron chi connectivity index (χ4n) is 2.27. The Kier molecular flexibility index (Phi) is 3.40. The molecule has 0 radical (unpaired) electrons. The zero-order valence-corrected chi connectivity index (χ0v) is 10.9. The first-order chi connectivity index (χ1) is 8.08. The lowest BCUT2D eigenvalue weighted by atomic mass is 9.73. The van der Waals surface area contributed by atoms with Crippen molar-refractivity contribution in [3.05, 3.63) is 28.2 Å². The Balaban J connectivity index is 2.53. The maximum atomic E-state index is 11.6. The summed E-state index contributed by atoms with van der Waals surface area (Å²) in [5.41, 5.74) is 6.27. The van der Waals surface area contributed by atoms with Crippen molar-refractivity contribution in [2.75, 3.05) is 18.9 Å². The van der Waals surface area contributed by atoms with Crippen LogP contribution in [0.5, 0.6) is 0 Å². The van der Waals surface area contributed by atoms with E-state index in [0.717, 1.165) is 4.47 Å². The minimum atomic E-state index is -0.911. The van der Waals surface area contributed by atoms with Crippen molar-refractivity contribution in [2.24, 2.45) is 0 Å². The number of rotatable bonds is 2. The number of carboxylic acid groups (broad SMARTS) is 1. The molecular weight excluding hydrogens is 286 g/mol. The molecule has 1 aromatic rings. The standard InChI is InChI=1S/C12H14BrNO3/c13-9-3-1-2-8(10(9)14)12(11(15)16)4-6-17-7-5-12/h1-3H,4-7,14H2,(H,15,16). The van der Waals surface area contributed by atoms with Gasteiger partial charge < -0.3 is 15.6 Å². The van der Waals surface area contributed by atoms with Gasteiger partial charge in [0.2, 0.25) is 0 Å². The van der Waals surface area contributed by atoms with Crippen molar-refractivity contribution in [1.82, 2.24) is 0 Å². The van der Waals surface area contributed by atoms with Crippen LogP contribution in [0.4, 0.5) is 5.69 Å². The van der Waals surface area contributed by atoms with E-state index in [1.54, 1.807) is 6.07 Å². The number of nitrogen functional groups attached to an aromatic ring is 1. The molecule has 0 amide bonds. The van der Waals surface area contributed by atoms with Crippen LogP contribution in [0.3, 0.4) is 0 Å². The molecule has 0 spiro atoms. The Bertz CT molecular complexity index is 441. The number of hydrogen-bond donors (Lipinski definition) is 2. The second kappa shape index (κ2) is 4.66.